The Hall–Kier alpha value is -3.16. The highest BCUT2D eigenvalue weighted by molar-refractivity contribution is 7.99. The monoisotopic (exact) mass is 542 g/mol. The van der Waals surface area contributed by atoms with Gasteiger partial charge in [-0.05, 0) is 60.0 Å². The molecular formula is C22H20F2N2O6S3. The summed E-state index contributed by atoms with van der Waals surface area (Å²) < 4.78 is 61.3. The highest BCUT2D eigenvalue weighted by Crippen LogP contribution is 2.27. The number of nitrogens with zero attached hydrogens (tertiary/aromatic N) is 1. The van der Waals surface area contributed by atoms with Gasteiger partial charge in [0.05, 0.1) is 5.69 Å². The first-order valence-corrected chi connectivity index (χ1v) is 13.1. The lowest BCUT2D eigenvalue weighted by Crippen LogP contribution is -2.25. The summed E-state index contributed by atoms with van der Waals surface area (Å²) in [5.74, 6) is -3.63. The average Bonchev–Trinajstić information content (AvgIpc) is 3.38. The van der Waals surface area contributed by atoms with Gasteiger partial charge in [-0.1, -0.05) is 17.8 Å². The minimum atomic E-state index is -3.66. The molecule has 3 aromatic rings. The number of hydrogen-bond donors (Lipinski definition) is 1. The van der Waals surface area contributed by atoms with Gasteiger partial charge in [-0.25, -0.2) is 13.2 Å². The van der Waals surface area contributed by atoms with Crippen molar-refractivity contribution in [3.63, 3.8) is 0 Å². The van der Waals surface area contributed by atoms with Gasteiger partial charge in [0.25, 0.3) is 21.7 Å². The van der Waals surface area contributed by atoms with Crippen molar-refractivity contribution in [2.24, 2.45) is 0 Å². The van der Waals surface area contributed by atoms with Gasteiger partial charge in [0, 0.05) is 17.6 Å². The second-order valence-corrected chi connectivity index (χ2v) is 11.0. The van der Waals surface area contributed by atoms with Crippen molar-refractivity contribution in [2.75, 3.05) is 29.9 Å². The Morgan fingerprint density at radius 1 is 1.06 bits per heavy atom. The van der Waals surface area contributed by atoms with Crippen LogP contribution < -0.4 is 14.4 Å². The largest absolute Gasteiger partial charge is 0.482 e. The fraction of sp³-hybridized carbons (Fsp3) is 0.182. The third kappa shape index (κ3) is 7.67. The van der Waals surface area contributed by atoms with Crippen LogP contribution in [-0.2, 0) is 24.3 Å². The van der Waals surface area contributed by atoms with Crippen LogP contribution >= 0.6 is 23.1 Å². The number of benzene rings is 2. The minimum Gasteiger partial charge on any atom is -0.482 e. The van der Waals surface area contributed by atoms with Crippen LogP contribution in [0.25, 0.3) is 0 Å². The summed E-state index contributed by atoms with van der Waals surface area (Å²) in [5.41, 5.74) is 0.776. The van der Waals surface area contributed by atoms with Crippen LogP contribution in [0, 0.1) is 0 Å². The second-order valence-electron chi connectivity index (χ2n) is 6.80. The Labute approximate surface area is 208 Å². The summed E-state index contributed by atoms with van der Waals surface area (Å²) in [5, 5.41) is 4.16. The zero-order chi connectivity index (χ0) is 25.4. The van der Waals surface area contributed by atoms with Crippen LogP contribution in [-0.4, -0.2) is 46.3 Å². The van der Waals surface area contributed by atoms with Crippen molar-refractivity contribution in [3.05, 3.63) is 66.0 Å². The van der Waals surface area contributed by atoms with E-state index in [1.165, 1.54) is 61.6 Å². The molecule has 1 aromatic heterocycles. The summed E-state index contributed by atoms with van der Waals surface area (Å²) in [4.78, 5) is 24.1. The Kier molecular flexibility index (Phi) is 9.07. The van der Waals surface area contributed by atoms with Crippen molar-refractivity contribution in [1.29, 1.82) is 0 Å². The first-order valence-electron chi connectivity index (χ1n) is 9.91. The van der Waals surface area contributed by atoms with Gasteiger partial charge in [-0.15, -0.1) is 11.3 Å². The summed E-state index contributed by atoms with van der Waals surface area (Å²) in [6, 6.07) is 15.0. The third-order valence-corrected chi connectivity index (χ3v) is 8.28. The van der Waals surface area contributed by atoms with Crippen LogP contribution in [0.3, 0.4) is 0 Å². The number of rotatable bonds is 11. The molecule has 1 N–H and O–H groups in total. The lowest BCUT2D eigenvalue weighted by atomic mass is 10.3. The molecule has 0 saturated carbocycles. The number of thioether (sulfide) groups is 1. The zero-order valence-electron chi connectivity index (χ0n) is 18.2. The maximum atomic E-state index is 12.6. The van der Waals surface area contributed by atoms with E-state index in [-0.39, 0.29) is 4.21 Å². The number of thiophene rings is 1. The molecule has 2 aromatic carbocycles. The van der Waals surface area contributed by atoms with E-state index in [2.05, 4.69) is 5.32 Å². The summed E-state index contributed by atoms with van der Waals surface area (Å²) in [6.07, 6.45) is 0. The van der Waals surface area contributed by atoms with Crippen LogP contribution in [0.2, 0.25) is 0 Å². The smallest absolute Gasteiger partial charge is 0.344 e. The minimum absolute atomic E-state index is 0.217. The van der Waals surface area contributed by atoms with E-state index in [1.54, 1.807) is 11.4 Å². The van der Waals surface area contributed by atoms with E-state index < -0.39 is 40.9 Å². The highest BCUT2D eigenvalue weighted by atomic mass is 32.2. The van der Waals surface area contributed by atoms with Crippen molar-refractivity contribution in [2.45, 2.75) is 14.9 Å². The normalized spacial score (nSPS) is 11.2. The Morgan fingerprint density at radius 3 is 2.34 bits per heavy atom. The quantitative estimate of drug-likeness (QED) is 0.282. The lowest BCUT2D eigenvalue weighted by molar-refractivity contribution is -0.149. The SMILES string of the molecule is CN(c1ccc(OCC(=O)OCC(=O)Nc2ccc(SC(F)F)cc2)cc1)S(=O)(=O)c1cccs1. The predicted octanol–water partition coefficient (Wildman–Crippen LogP) is 4.45. The van der Waals surface area contributed by atoms with Gasteiger partial charge in [-0.2, -0.15) is 8.78 Å². The Bertz CT molecular complexity index is 1240. The van der Waals surface area contributed by atoms with Crippen LogP contribution in [0.4, 0.5) is 20.2 Å². The van der Waals surface area contributed by atoms with Crippen LogP contribution in [0.15, 0.2) is 75.1 Å². The second kappa shape index (κ2) is 12.0. The molecule has 0 aliphatic rings. The van der Waals surface area contributed by atoms with E-state index in [9.17, 15) is 26.8 Å². The molecule has 8 nitrogen and oxygen atoms in total. The van der Waals surface area contributed by atoms with E-state index in [0.29, 0.717) is 33.8 Å². The molecule has 0 fully saturated rings. The number of hydrogen-bond acceptors (Lipinski definition) is 8. The van der Waals surface area contributed by atoms with E-state index in [0.717, 1.165) is 15.6 Å². The van der Waals surface area contributed by atoms with Gasteiger partial charge in [0.15, 0.2) is 13.2 Å². The molecule has 0 aliphatic heterocycles. The van der Waals surface area contributed by atoms with E-state index >= 15 is 0 Å². The molecule has 0 saturated heterocycles. The lowest BCUT2D eigenvalue weighted by Gasteiger charge is -2.18. The highest BCUT2D eigenvalue weighted by Gasteiger charge is 2.22. The number of nitrogens with one attached hydrogen (secondary N) is 1. The van der Waals surface area contributed by atoms with Gasteiger partial charge < -0.3 is 14.8 Å². The van der Waals surface area contributed by atoms with E-state index in [4.69, 9.17) is 9.47 Å². The number of ether oxygens (including phenoxy) is 2. The summed E-state index contributed by atoms with van der Waals surface area (Å²) in [7, 11) is -2.23. The standard InChI is InChI=1S/C22H20F2N2O6S3/c1-26(35(29,30)21-3-2-12-33-21)16-6-8-17(9-7-16)31-14-20(28)32-13-19(27)25-15-4-10-18(11-5-15)34-22(23)24/h2-12,22H,13-14H2,1H3,(H,25,27). The number of esters is 1. The number of anilines is 2. The predicted molar refractivity (Wildman–Crippen MR) is 130 cm³/mol. The topological polar surface area (TPSA) is 102 Å². The number of alkyl halides is 2. The fourth-order valence-corrected chi connectivity index (χ4v) is 5.54. The van der Waals surface area contributed by atoms with Crippen molar-refractivity contribution >= 4 is 56.4 Å². The Morgan fingerprint density at radius 2 is 1.74 bits per heavy atom. The fourth-order valence-electron chi connectivity index (χ4n) is 2.68. The molecule has 0 bridgehead atoms. The molecule has 3 rings (SSSR count). The van der Waals surface area contributed by atoms with E-state index in [1.807, 2.05) is 0 Å². The number of carbonyl (C=O) groups is 2. The molecule has 0 unspecified atom stereocenters. The Balaban J connectivity index is 1.43. The van der Waals surface area contributed by atoms with Gasteiger partial charge in [0.1, 0.15) is 9.96 Å². The van der Waals surface area contributed by atoms with Gasteiger partial charge in [0.2, 0.25) is 0 Å². The van der Waals surface area contributed by atoms with Gasteiger partial charge in [-0.3, -0.25) is 9.10 Å². The summed E-state index contributed by atoms with van der Waals surface area (Å²) >= 11 is 1.50. The van der Waals surface area contributed by atoms with Crippen molar-refractivity contribution in [1.82, 2.24) is 0 Å². The summed E-state index contributed by atoms with van der Waals surface area (Å²) in [6.45, 7) is -1.02. The molecule has 1 amide bonds. The number of carbonyl (C=O) groups excluding carboxylic acids is 2. The third-order valence-electron chi connectivity index (χ3n) is 4.39. The molecule has 0 spiro atoms. The molecule has 13 heteroatoms. The van der Waals surface area contributed by atoms with Crippen LogP contribution in [0.5, 0.6) is 5.75 Å². The molecule has 186 valence electrons. The molecule has 0 aliphatic carbocycles. The first-order chi connectivity index (χ1) is 16.6. The van der Waals surface area contributed by atoms with Crippen molar-refractivity contribution in [3.8, 4) is 5.75 Å². The molecule has 0 atom stereocenters. The number of halogens is 2. The average molecular weight is 543 g/mol. The maximum Gasteiger partial charge on any atom is 0.344 e. The van der Waals surface area contributed by atoms with Gasteiger partial charge >= 0.3 is 5.97 Å². The molecule has 0 radical (unpaired) electrons. The molecule has 35 heavy (non-hydrogen) atoms. The zero-order valence-corrected chi connectivity index (χ0v) is 20.7. The number of sulfonamides is 1. The molecular weight excluding hydrogens is 522 g/mol. The van der Waals surface area contributed by atoms with Crippen LogP contribution in [0.1, 0.15) is 0 Å². The number of amides is 1. The first kappa shape index (κ1) is 26.4. The van der Waals surface area contributed by atoms with Crippen molar-refractivity contribution < 1.29 is 36.3 Å². The molecule has 1 heterocycles. The maximum absolute atomic E-state index is 12.6.